The van der Waals surface area contributed by atoms with E-state index in [-0.39, 0.29) is 11.5 Å². The molecule has 8 heteroatoms. The highest BCUT2D eigenvalue weighted by Crippen LogP contribution is 2.27. The second kappa shape index (κ2) is 10.7. The van der Waals surface area contributed by atoms with Crippen molar-refractivity contribution >= 4 is 39.0 Å². The van der Waals surface area contributed by atoms with E-state index in [0.717, 1.165) is 28.0 Å². The lowest BCUT2D eigenvalue weighted by atomic mass is 10.1. The molecule has 2 heterocycles. The zero-order valence-electron chi connectivity index (χ0n) is 20.6. The summed E-state index contributed by atoms with van der Waals surface area (Å²) < 4.78 is 16.9. The van der Waals surface area contributed by atoms with E-state index >= 15 is 0 Å². The second-order valence-electron chi connectivity index (χ2n) is 8.27. The molecular formula is C29H25N3O4S. The Morgan fingerprint density at radius 1 is 1.05 bits per heavy atom. The first kappa shape index (κ1) is 24.3. The lowest BCUT2D eigenvalue weighted by molar-refractivity contribution is 0.102. The predicted octanol–water partition coefficient (Wildman–Crippen LogP) is 6.76. The van der Waals surface area contributed by atoms with Crippen LogP contribution in [0.1, 0.15) is 22.8 Å². The van der Waals surface area contributed by atoms with Gasteiger partial charge in [0.2, 0.25) is 5.55 Å². The largest absolute Gasteiger partial charge is 0.497 e. The lowest BCUT2D eigenvalue weighted by Crippen LogP contribution is -2.21. The summed E-state index contributed by atoms with van der Waals surface area (Å²) in [5, 5.41) is 6.00. The number of thiazole rings is 1. The van der Waals surface area contributed by atoms with E-state index < -0.39 is 0 Å². The van der Waals surface area contributed by atoms with Crippen LogP contribution in [0.4, 0.5) is 10.8 Å². The number of aryl methyl sites for hydroxylation is 1. The Labute approximate surface area is 218 Å². The molecule has 186 valence electrons. The molecule has 1 N–H and O–H groups in total. The molecule has 0 aliphatic carbocycles. The first-order valence-electron chi connectivity index (χ1n) is 11.8. The van der Waals surface area contributed by atoms with E-state index in [1.54, 1.807) is 25.3 Å². The Morgan fingerprint density at radius 2 is 1.86 bits per heavy atom. The van der Waals surface area contributed by atoms with Gasteiger partial charge in [0.15, 0.2) is 5.13 Å². The van der Waals surface area contributed by atoms with Gasteiger partial charge in [0.25, 0.3) is 5.91 Å². The zero-order valence-corrected chi connectivity index (χ0v) is 21.5. The molecule has 0 unspecified atom stereocenters. The fourth-order valence-corrected chi connectivity index (χ4v) is 4.53. The average Bonchev–Trinajstić information content (AvgIpc) is 3.37. The monoisotopic (exact) mass is 511 g/mol. The molecule has 2 aromatic heterocycles. The SMILES string of the molecule is CCOc1ccc(-c2csc(NC(=O)c3cc4cc(OC)ccc4oc3=Nc3cccc(C)c3)n2)cc1. The maximum absolute atomic E-state index is 13.4. The van der Waals surface area contributed by atoms with Crippen molar-refractivity contribution in [3.05, 3.63) is 94.9 Å². The van der Waals surface area contributed by atoms with E-state index in [9.17, 15) is 4.79 Å². The number of rotatable bonds is 7. The van der Waals surface area contributed by atoms with Crippen LogP contribution in [0.3, 0.4) is 0 Å². The molecule has 5 rings (SSSR count). The van der Waals surface area contributed by atoms with Crippen molar-refractivity contribution in [2.75, 3.05) is 19.0 Å². The van der Waals surface area contributed by atoms with E-state index in [2.05, 4.69) is 15.3 Å². The molecule has 0 atom stereocenters. The highest BCUT2D eigenvalue weighted by molar-refractivity contribution is 7.14. The van der Waals surface area contributed by atoms with Crippen molar-refractivity contribution in [3.63, 3.8) is 0 Å². The van der Waals surface area contributed by atoms with Crippen LogP contribution in [-0.4, -0.2) is 24.6 Å². The smallest absolute Gasteiger partial charge is 0.262 e. The van der Waals surface area contributed by atoms with Crippen molar-refractivity contribution < 1.29 is 18.7 Å². The first-order chi connectivity index (χ1) is 18.0. The number of anilines is 1. The van der Waals surface area contributed by atoms with Crippen molar-refractivity contribution in [1.82, 2.24) is 4.98 Å². The van der Waals surface area contributed by atoms with Gasteiger partial charge in [0.05, 0.1) is 25.1 Å². The highest BCUT2D eigenvalue weighted by atomic mass is 32.1. The van der Waals surface area contributed by atoms with Crippen LogP contribution >= 0.6 is 11.3 Å². The summed E-state index contributed by atoms with van der Waals surface area (Å²) in [6.45, 7) is 4.54. The third kappa shape index (κ3) is 5.54. The van der Waals surface area contributed by atoms with Gasteiger partial charge in [-0.3, -0.25) is 10.1 Å². The van der Waals surface area contributed by atoms with Crippen LogP contribution < -0.4 is 20.3 Å². The first-order valence-corrected chi connectivity index (χ1v) is 12.6. The van der Waals surface area contributed by atoms with Gasteiger partial charge in [0.1, 0.15) is 22.6 Å². The van der Waals surface area contributed by atoms with E-state index in [0.29, 0.717) is 34.3 Å². The number of nitrogens with zero attached hydrogens (tertiary/aromatic N) is 2. The number of amides is 1. The number of carbonyl (C=O) groups is 1. The normalized spacial score (nSPS) is 11.5. The van der Waals surface area contributed by atoms with Crippen molar-refractivity contribution in [3.8, 4) is 22.8 Å². The number of hydrogen-bond donors (Lipinski definition) is 1. The molecule has 0 bridgehead atoms. The van der Waals surface area contributed by atoms with Gasteiger partial charge in [0, 0.05) is 16.3 Å². The van der Waals surface area contributed by atoms with Crippen LogP contribution in [0.2, 0.25) is 0 Å². The fraction of sp³-hybridized carbons (Fsp3) is 0.138. The molecule has 0 aliphatic heterocycles. The zero-order chi connectivity index (χ0) is 25.8. The number of fused-ring (bicyclic) bond motifs is 1. The summed E-state index contributed by atoms with van der Waals surface area (Å²) in [5.74, 6) is 1.10. The van der Waals surface area contributed by atoms with Gasteiger partial charge in [-0.15, -0.1) is 11.3 Å². The molecular weight excluding hydrogens is 486 g/mol. The summed E-state index contributed by atoms with van der Waals surface area (Å²) in [7, 11) is 1.60. The molecule has 0 spiro atoms. The summed E-state index contributed by atoms with van der Waals surface area (Å²) in [6.07, 6.45) is 0. The third-order valence-corrected chi connectivity index (χ3v) is 6.37. The molecule has 1 amide bonds. The minimum atomic E-state index is -0.368. The Hall–Kier alpha value is -4.43. The molecule has 3 aromatic carbocycles. The van der Waals surface area contributed by atoms with E-state index in [4.69, 9.17) is 13.9 Å². The molecule has 0 radical (unpaired) electrons. The average molecular weight is 512 g/mol. The summed E-state index contributed by atoms with van der Waals surface area (Å²) in [5.41, 5.74) is 4.55. The van der Waals surface area contributed by atoms with Crippen molar-refractivity contribution in [2.45, 2.75) is 13.8 Å². The molecule has 0 fully saturated rings. The fourth-order valence-electron chi connectivity index (χ4n) is 3.81. The number of hydrogen-bond acceptors (Lipinski definition) is 7. The van der Waals surface area contributed by atoms with Gasteiger partial charge in [-0.05, 0) is 80.1 Å². The van der Waals surface area contributed by atoms with Gasteiger partial charge in [-0.2, -0.15) is 0 Å². The maximum Gasteiger partial charge on any atom is 0.262 e. The molecule has 0 saturated carbocycles. The van der Waals surface area contributed by atoms with Gasteiger partial charge < -0.3 is 13.9 Å². The molecule has 0 aliphatic rings. The van der Waals surface area contributed by atoms with E-state index in [1.807, 2.05) is 73.8 Å². The molecule has 37 heavy (non-hydrogen) atoms. The van der Waals surface area contributed by atoms with Crippen molar-refractivity contribution in [2.24, 2.45) is 4.99 Å². The minimum Gasteiger partial charge on any atom is -0.497 e. The maximum atomic E-state index is 13.4. The van der Waals surface area contributed by atoms with E-state index in [1.165, 1.54) is 11.3 Å². The van der Waals surface area contributed by atoms with Crippen LogP contribution in [0, 0.1) is 6.92 Å². The van der Waals surface area contributed by atoms with Gasteiger partial charge in [-0.1, -0.05) is 12.1 Å². The highest BCUT2D eigenvalue weighted by Gasteiger charge is 2.16. The van der Waals surface area contributed by atoms with Gasteiger partial charge >= 0.3 is 0 Å². The number of ether oxygens (including phenoxy) is 2. The number of benzene rings is 3. The second-order valence-corrected chi connectivity index (χ2v) is 9.13. The standard InChI is InChI=1S/C29H25N3O4S/c1-4-35-22-10-8-19(9-11-22)25-17-37-29(31-25)32-27(33)24-16-20-15-23(34-3)12-13-26(20)36-28(24)30-21-7-5-6-18(2)14-21/h5-17H,4H2,1-3H3,(H,31,32,33). The molecule has 5 aromatic rings. The van der Waals surface area contributed by atoms with Crippen LogP contribution in [-0.2, 0) is 0 Å². The number of aromatic nitrogens is 1. The Bertz CT molecular complexity index is 1640. The lowest BCUT2D eigenvalue weighted by Gasteiger charge is -2.07. The summed E-state index contributed by atoms with van der Waals surface area (Å²) in [6, 6.07) is 22.6. The van der Waals surface area contributed by atoms with Crippen molar-refractivity contribution in [1.29, 1.82) is 0 Å². The predicted molar refractivity (Wildman–Crippen MR) is 146 cm³/mol. The molecule has 0 saturated heterocycles. The topological polar surface area (TPSA) is 86.0 Å². The minimum absolute atomic E-state index is 0.212. The summed E-state index contributed by atoms with van der Waals surface area (Å²) in [4.78, 5) is 22.7. The number of methoxy groups -OCH3 is 1. The van der Waals surface area contributed by atoms with Crippen LogP contribution in [0.25, 0.3) is 22.2 Å². The summed E-state index contributed by atoms with van der Waals surface area (Å²) >= 11 is 1.35. The Balaban J connectivity index is 1.49. The number of nitrogens with one attached hydrogen (secondary N) is 1. The molecule has 7 nitrogen and oxygen atoms in total. The van der Waals surface area contributed by atoms with Gasteiger partial charge in [-0.25, -0.2) is 9.98 Å². The van der Waals surface area contributed by atoms with Crippen LogP contribution in [0.15, 0.2) is 87.6 Å². The third-order valence-electron chi connectivity index (χ3n) is 5.62. The Kier molecular flexibility index (Phi) is 7.00. The number of carbonyl (C=O) groups excluding carboxylic acids is 1. The Morgan fingerprint density at radius 3 is 2.62 bits per heavy atom. The quantitative estimate of drug-likeness (QED) is 0.261. The van der Waals surface area contributed by atoms with Crippen LogP contribution in [0.5, 0.6) is 11.5 Å².